The van der Waals surface area contributed by atoms with Crippen LogP contribution in [0, 0.1) is 6.92 Å². The maximum Gasteiger partial charge on any atom is 0.251 e. The van der Waals surface area contributed by atoms with E-state index in [2.05, 4.69) is 16.9 Å². The largest absolute Gasteiger partial charge is 0.388 e. The second kappa shape index (κ2) is 6.33. The first-order valence-electron chi connectivity index (χ1n) is 6.76. The van der Waals surface area contributed by atoms with Gasteiger partial charge in [0.15, 0.2) is 0 Å². The Morgan fingerprint density at radius 3 is 2.74 bits per heavy atom. The zero-order chi connectivity index (χ0) is 13.8. The number of hydrogen-bond donors (Lipinski definition) is 2. The van der Waals surface area contributed by atoms with E-state index in [0.29, 0.717) is 11.3 Å². The Morgan fingerprint density at radius 1 is 1.37 bits per heavy atom. The van der Waals surface area contributed by atoms with Crippen LogP contribution < -0.4 is 10.6 Å². The molecule has 0 radical (unpaired) electrons. The van der Waals surface area contributed by atoms with E-state index in [1.165, 1.54) is 6.42 Å². The molecule has 0 bridgehead atoms. The van der Waals surface area contributed by atoms with E-state index in [4.69, 9.17) is 0 Å². The molecule has 0 spiro atoms. The molecule has 4 heteroatoms. The summed E-state index contributed by atoms with van der Waals surface area (Å²) in [7, 11) is 1.88. The van der Waals surface area contributed by atoms with Crippen LogP contribution in [0.1, 0.15) is 35.2 Å². The molecule has 19 heavy (non-hydrogen) atoms. The number of anilines is 1. The minimum absolute atomic E-state index is 0.0620. The molecule has 2 unspecified atom stereocenters. The summed E-state index contributed by atoms with van der Waals surface area (Å²) in [5.41, 5.74) is 2.84. The van der Waals surface area contributed by atoms with E-state index in [-0.39, 0.29) is 5.91 Å². The highest BCUT2D eigenvalue weighted by molar-refractivity contribution is 7.99. The highest BCUT2D eigenvalue weighted by Gasteiger charge is 2.25. The average Bonchev–Trinajstić information content (AvgIpc) is 2.86. The standard InChI is InChI=1S/C15H22N2OS/c1-10-8-11(16-2)5-7-14(10)15(18)17-12-4-6-13(9-12)19-3/h5,7-8,12-13,16H,4,6,9H2,1-3H3,(H,17,18). The van der Waals surface area contributed by atoms with Gasteiger partial charge >= 0.3 is 0 Å². The summed E-state index contributed by atoms with van der Waals surface area (Å²) in [5, 5.41) is 6.96. The summed E-state index contributed by atoms with van der Waals surface area (Å²) in [6, 6.07) is 6.20. The fourth-order valence-electron chi connectivity index (χ4n) is 2.62. The molecule has 1 aliphatic rings. The minimum atomic E-state index is 0.0620. The van der Waals surface area contributed by atoms with E-state index < -0.39 is 0 Å². The van der Waals surface area contributed by atoms with Gasteiger partial charge in [0.25, 0.3) is 5.91 Å². The number of carbonyl (C=O) groups excluding carboxylic acids is 1. The number of nitrogens with one attached hydrogen (secondary N) is 2. The van der Waals surface area contributed by atoms with Crippen molar-refractivity contribution in [3.05, 3.63) is 29.3 Å². The lowest BCUT2D eigenvalue weighted by Crippen LogP contribution is -2.33. The molecule has 1 aromatic carbocycles. The Labute approximate surface area is 119 Å². The molecule has 104 valence electrons. The molecule has 1 aliphatic carbocycles. The summed E-state index contributed by atoms with van der Waals surface area (Å²) in [6.07, 6.45) is 5.56. The van der Waals surface area contributed by atoms with E-state index in [0.717, 1.165) is 29.7 Å². The summed E-state index contributed by atoms with van der Waals surface area (Å²) >= 11 is 1.91. The number of thioether (sulfide) groups is 1. The number of rotatable bonds is 4. The monoisotopic (exact) mass is 278 g/mol. The Morgan fingerprint density at radius 2 is 2.16 bits per heavy atom. The third kappa shape index (κ3) is 3.44. The number of carbonyl (C=O) groups is 1. The second-order valence-corrected chi connectivity index (χ2v) is 6.26. The number of benzene rings is 1. The first kappa shape index (κ1) is 14.3. The Bertz CT molecular complexity index is 461. The van der Waals surface area contributed by atoms with Gasteiger partial charge in [-0.15, -0.1) is 0 Å². The lowest BCUT2D eigenvalue weighted by Gasteiger charge is -2.14. The van der Waals surface area contributed by atoms with E-state index in [1.807, 2.05) is 43.9 Å². The van der Waals surface area contributed by atoms with Crippen LogP contribution in [0.2, 0.25) is 0 Å². The second-order valence-electron chi connectivity index (χ2n) is 5.12. The zero-order valence-electron chi connectivity index (χ0n) is 11.8. The number of amides is 1. The van der Waals surface area contributed by atoms with Gasteiger partial charge in [0.05, 0.1) is 0 Å². The molecular weight excluding hydrogens is 256 g/mol. The molecule has 1 aromatic rings. The molecule has 1 saturated carbocycles. The molecule has 1 fully saturated rings. The van der Waals surface area contributed by atoms with Crippen LogP contribution >= 0.6 is 11.8 Å². The molecule has 2 rings (SSSR count). The number of hydrogen-bond acceptors (Lipinski definition) is 3. The number of aryl methyl sites for hydroxylation is 1. The molecule has 2 atom stereocenters. The van der Waals surface area contributed by atoms with Crippen molar-refractivity contribution < 1.29 is 4.79 Å². The van der Waals surface area contributed by atoms with Crippen LogP contribution in [-0.4, -0.2) is 30.5 Å². The van der Waals surface area contributed by atoms with Crippen LogP contribution in [0.5, 0.6) is 0 Å². The fourth-order valence-corrected chi connectivity index (χ4v) is 3.42. The maximum atomic E-state index is 12.3. The van der Waals surface area contributed by atoms with Gasteiger partial charge in [0.1, 0.15) is 0 Å². The highest BCUT2D eigenvalue weighted by Crippen LogP contribution is 2.28. The van der Waals surface area contributed by atoms with E-state index >= 15 is 0 Å². The molecule has 0 heterocycles. The van der Waals surface area contributed by atoms with Crippen LogP contribution in [0.25, 0.3) is 0 Å². The molecule has 0 aliphatic heterocycles. The van der Waals surface area contributed by atoms with Crippen molar-refractivity contribution >= 4 is 23.4 Å². The van der Waals surface area contributed by atoms with Gasteiger partial charge in [-0.2, -0.15) is 11.8 Å². The Kier molecular flexibility index (Phi) is 4.75. The van der Waals surface area contributed by atoms with Gasteiger partial charge in [-0.25, -0.2) is 0 Å². The van der Waals surface area contributed by atoms with Gasteiger partial charge in [-0.3, -0.25) is 4.79 Å². The molecule has 0 saturated heterocycles. The zero-order valence-corrected chi connectivity index (χ0v) is 12.6. The smallest absolute Gasteiger partial charge is 0.251 e. The lowest BCUT2D eigenvalue weighted by molar-refractivity contribution is 0.0937. The molecule has 0 aromatic heterocycles. The molecule has 2 N–H and O–H groups in total. The van der Waals surface area contributed by atoms with Crippen molar-refractivity contribution in [3.63, 3.8) is 0 Å². The summed E-state index contributed by atoms with van der Waals surface area (Å²) < 4.78 is 0. The molecule has 1 amide bonds. The van der Waals surface area contributed by atoms with Gasteiger partial charge < -0.3 is 10.6 Å². The topological polar surface area (TPSA) is 41.1 Å². The predicted octanol–water partition coefficient (Wildman–Crippen LogP) is 3.05. The third-order valence-corrected chi connectivity index (χ3v) is 4.91. The van der Waals surface area contributed by atoms with Gasteiger partial charge in [0, 0.05) is 29.6 Å². The molecule has 3 nitrogen and oxygen atoms in total. The highest BCUT2D eigenvalue weighted by atomic mass is 32.2. The Hall–Kier alpha value is -1.16. The Balaban J connectivity index is 2.00. The van der Waals surface area contributed by atoms with Crippen molar-refractivity contribution in [3.8, 4) is 0 Å². The van der Waals surface area contributed by atoms with Crippen LogP contribution in [0.3, 0.4) is 0 Å². The van der Waals surface area contributed by atoms with Crippen molar-refractivity contribution in [1.29, 1.82) is 0 Å². The maximum absolute atomic E-state index is 12.3. The van der Waals surface area contributed by atoms with E-state index in [1.54, 1.807) is 0 Å². The third-order valence-electron chi connectivity index (χ3n) is 3.81. The van der Waals surface area contributed by atoms with Crippen LogP contribution in [-0.2, 0) is 0 Å². The summed E-state index contributed by atoms with van der Waals surface area (Å²) in [5.74, 6) is 0.0620. The normalized spacial score (nSPS) is 22.3. The van der Waals surface area contributed by atoms with Gasteiger partial charge in [-0.05, 0) is 56.2 Å². The fraction of sp³-hybridized carbons (Fsp3) is 0.533. The summed E-state index contributed by atoms with van der Waals surface area (Å²) in [6.45, 7) is 1.98. The first-order chi connectivity index (χ1) is 9.13. The first-order valence-corrected chi connectivity index (χ1v) is 8.05. The van der Waals surface area contributed by atoms with E-state index in [9.17, 15) is 4.79 Å². The van der Waals surface area contributed by atoms with Crippen LogP contribution in [0.4, 0.5) is 5.69 Å². The van der Waals surface area contributed by atoms with Crippen molar-refractivity contribution in [1.82, 2.24) is 5.32 Å². The minimum Gasteiger partial charge on any atom is -0.388 e. The lowest BCUT2D eigenvalue weighted by atomic mass is 10.1. The van der Waals surface area contributed by atoms with Crippen molar-refractivity contribution in [2.24, 2.45) is 0 Å². The average molecular weight is 278 g/mol. The summed E-state index contributed by atoms with van der Waals surface area (Å²) in [4.78, 5) is 12.3. The van der Waals surface area contributed by atoms with Gasteiger partial charge in [0.2, 0.25) is 0 Å². The molecular formula is C15H22N2OS. The SMILES string of the molecule is CNc1ccc(C(=O)NC2CCC(SC)C2)c(C)c1. The van der Waals surface area contributed by atoms with Crippen molar-refractivity contribution in [2.45, 2.75) is 37.5 Å². The van der Waals surface area contributed by atoms with Crippen LogP contribution in [0.15, 0.2) is 18.2 Å². The predicted molar refractivity (Wildman–Crippen MR) is 83.1 cm³/mol. The van der Waals surface area contributed by atoms with Crippen molar-refractivity contribution in [2.75, 3.05) is 18.6 Å². The quantitative estimate of drug-likeness (QED) is 0.889. The van der Waals surface area contributed by atoms with Gasteiger partial charge in [-0.1, -0.05) is 0 Å².